The fraction of sp³-hybridized carbons (Fsp3) is 0.400. The maximum atomic E-state index is 12.5. The van der Waals surface area contributed by atoms with Crippen molar-refractivity contribution in [1.82, 2.24) is 15.4 Å². The number of hydrogen-bond donors (Lipinski definition) is 1. The van der Waals surface area contributed by atoms with E-state index in [0.717, 1.165) is 6.07 Å². The largest absolute Gasteiger partial charge is 0.379 e. The van der Waals surface area contributed by atoms with Crippen LogP contribution >= 0.6 is 0 Å². The number of hydrogen-bond acceptors (Lipinski definition) is 4. The zero-order valence-electron chi connectivity index (χ0n) is 8.65. The average Bonchev–Trinajstić information content (AvgIpc) is 2.31. The molecule has 1 saturated heterocycles. The summed E-state index contributed by atoms with van der Waals surface area (Å²) in [4.78, 5) is 15.1. The lowest BCUT2D eigenvalue weighted by atomic mass is 10.3. The SMILES string of the molecule is O=C(NN1CCOCC1)c1ccc(F)nc1. The molecule has 86 valence electrons. The summed E-state index contributed by atoms with van der Waals surface area (Å²) in [6.45, 7) is 2.50. The van der Waals surface area contributed by atoms with Gasteiger partial charge in [-0.1, -0.05) is 0 Å². The standard InChI is InChI=1S/C10H12FN3O2/c11-9-2-1-8(7-12-9)10(15)13-14-3-5-16-6-4-14/h1-2,7H,3-6H2,(H,13,15). The summed E-state index contributed by atoms with van der Waals surface area (Å²) in [5.74, 6) is -0.877. The molecule has 5 nitrogen and oxygen atoms in total. The minimum atomic E-state index is -0.595. The molecule has 1 fully saturated rings. The summed E-state index contributed by atoms with van der Waals surface area (Å²) in [7, 11) is 0. The van der Waals surface area contributed by atoms with E-state index >= 15 is 0 Å². The van der Waals surface area contributed by atoms with Crippen LogP contribution in [0.15, 0.2) is 18.3 Å². The zero-order valence-corrected chi connectivity index (χ0v) is 8.65. The van der Waals surface area contributed by atoms with E-state index in [4.69, 9.17) is 4.74 Å². The van der Waals surface area contributed by atoms with Crippen LogP contribution in [0.4, 0.5) is 4.39 Å². The average molecular weight is 225 g/mol. The Hall–Kier alpha value is -1.53. The van der Waals surface area contributed by atoms with Crippen molar-refractivity contribution < 1.29 is 13.9 Å². The number of morpholine rings is 1. The number of pyridine rings is 1. The molecule has 1 aromatic heterocycles. The highest BCUT2D eigenvalue weighted by molar-refractivity contribution is 5.93. The molecule has 2 rings (SSSR count). The second-order valence-electron chi connectivity index (χ2n) is 3.41. The van der Waals surface area contributed by atoms with E-state index in [1.165, 1.54) is 12.3 Å². The number of hydrazine groups is 1. The van der Waals surface area contributed by atoms with Crippen LogP contribution < -0.4 is 5.43 Å². The van der Waals surface area contributed by atoms with E-state index in [9.17, 15) is 9.18 Å². The molecule has 1 N–H and O–H groups in total. The third-order valence-electron chi connectivity index (χ3n) is 2.26. The smallest absolute Gasteiger partial charge is 0.267 e. The van der Waals surface area contributed by atoms with Crippen LogP contribution in [0.1, 0.15) is 10.4 Å². The highest BCUT2D eigenvalue weighted by Crippen LogP contribution is 2.00. The first-order valence-corrected chi connectivity index (χ1v) is 5.01. The van der Waals surface area contributed by atoms with Crippen molar-refractivity contribution in [2.75, 3.05) is 26.3 Å². The Kier molecular flexibility index (Phi) is 3.43. The topological polar surface area (TPSA) is 54.5 Å². The van der Waals surface area contributed by atoms with Crippen molar-refractivity contribution in [2.45, 2.75) is 0 Å². The summed E-state index contributed by atoms with van der Waals surface area (Å²) < 4.78 is 17.7. The van der Waals surface area contributed by atoms with Crippen LogP contribution in [0.3, 0.4) is 0 Å². The van der Waals surface area contributed by atoms with Gasteiger partial charge < -0.3 is 4.74 Å². The first kappa shape index (κ1) is 11.0. The Morgan fingerprint density at radius 3 is 2.81 bits per heavy atom. The number of amides is 1. The Labute approximate surface area is 92.2 Å². The first-order chi connectivity index (χ1) is 7.75. The van der Waals surface area contributed by atoms with E-state index in [-0.39, 0.29) is 5.91 Å². The van der Waals surface area contributed by atoms with E-state index < -0.39 is 5.95 Å². The van der Waals surface area contributed by atoms with Crippen molar-refractivity contribution >= 4 is 5.91 Å². The third-order valence-corrected chi connectivity index (χ3v) is 2.26. The number of aromatic nitrogens is 1. The zero-order chi connectivity index (χ0) is 11.4. The lowest BCUT2D eigenvalue weighted by Gasteiger charge is -2.26. The quantitative estimate of drug-likeness (QED) is 0.730. The van der Waals surface area contributed by atoms with Gasteiger partial charge in [-0.2, -0.15) is 4.39 Å². The molecule has 2 heterocycles. The lowest BCUT2D eigenvalue weighted by Crippen LogP contribution is -2.48. The Balaban J connectivity index is 1.94. The van der Waals surface area contributed by atoms with Crippen molar-refractivity contribution in [3.8, 4) is 0 Å². The molecule has 0 unspecified atom stereocenters. The predicted molar refractivity (Wildman–Crippen MR) is 54.1 cm³/mol. The molecule has 0 radical (unpaired) electrons. The van der Waals surface area contributed by atoms with Gasteiger partial charge in [0.1, 0.15) is 0 Å². The van der Waals surface area contributed by atoms with Crippen LogP contribution in [-0.2, 0) is 4.74 Å². The van der Waals surface area contributed by atoms with Crippen LogP contribution in [0, 0.1) is 5.95 Å². The van der Waals surface area contributed by atoms with Crippen molar-refractivity contribution in [3.63, 3.8) is 0 Å². The second-order valence-corrected chi connectivity index (χ2v) is 3.41. The Morgan fingerprint density at radius 2 is 2.19 bits per heavy atom. The monoisotopic (exact) mass is 225 g/mol. The van der Waals surface area contributed by atoms with Crippen LogP contribution in [0.5, 0.6) is 0 Å². The molecule has 0 spiro atoms. The maximum Gasteiger partial charge on any atom is 0.267 e. The second kappa shape index (κ2) is 5.00. The van der Waals surface area contributed by atoms with Crippen molar-refractivity contribution in [1.29, 1.82) is 0 Å². The number of carbonyl (C=O) groups excluding carboxylic acids is 1. The summed E-state index contributed by atoms with van der Waals surface area (Å²) in [5.41, 5.74) is 3.05. The normalized spacial score (nSPS) is 17.1. The molecule has 0 saturated carbocycles. The van der Waals surface area contributed by atoms with Gasteiger partial charge in [0.2, 0.25) is 5.95 Å². The molecular formula is C10H12FN3O2. The van der Waals surface area contributed by atoms with E-state index in [0.29, 0.717) is 31.9 Å². The third kappa shape index (κ3) is 2.74. The van der Waals surface area contributed by atoms with Crippen LogP contribution in [0.2, 0.25) is 0 Å². The maximum absolute atomic E-state index is 12.5. The van der Waals surface area contributed by atoms with E-state index in [2.05, 4.69) is 10.4 Å². The lowest BCUT2D eigenvalue weighted by molar-refractivity contribution is 0.0126. The number of nitrogens with one attached hydrogen (secondary N) is 1. The molecule has 1 aromatic rings. The molecule has 0 atom stereocenters. The Bertz CT molecular complexity index is 363. The molecule has 1 amide bonds. The highest BCUT2D eigenvalue weighted by atomic mass is 19.1. The Morgan fingerprint density at radius 1 is 1.44 bits per heavy atom. The minimum absolute atomic E-state index is 0.283. The molecule has 0 aliphatic carbocycles. The first-order valence-electron chi connectivity index (χ1n) is 5.01. The van der Waals surface area contributed by atoms with Crippen molar-refractivity contribution in [3.05, 3.63) is 29.8 Å². The van der Waals surface area contributed by atoms with E-state index in [1.807, 2.05) is 0 Å². The number of rotatable bonds is 2. The fourth-order valence-corrected chi connectivity index (χ4v) is 1.39. The molecule has 0 aromatic carbocycles. The van der Waals surface area contributed by atoms with Gasteiger partial charge >= 0.3 is 0 Å². The van der Waals surface area contributed by atoms with Gasteiger partial charge in [0.15, 0.2) is 0 Å². The van der Waals surface area contributed by atoms with Gasteiger partial charge in [0, 0.05) is 19.3 Å². The van der Waals surface area contributed by atoms with Crippen LogP contribution in [-0.4, -0.2) is 42.2 Å². The predicted octanol–water partition coefficient (Wildman–Crippen LogP) is 0.198. The van der Waals surface area contributed by atoms with Gasteiger partial charge in [-0.05, 0) is 12.1 Å². The number of halogens is 1. The van der Waals surface area contributed by atoms with Gasteiger partial charge in [0.05, 0.1) is 18.8 Å². The van der Waals surface area contributed by atoms with Gasteiger partial charge in [-0.15, -0.1) is 0 Å². The molecule has 6 heteroatoms. The van der Waals surface area contributed by atoms with E-state index in [1.54, 1.807) is 5.01 Å². The molecule has 16 heavy (non-hydrogen) atoms. The van der Waals surface area contributed by atoms with Crippen LogP contribution in [0.25, 0.3) is 0 Å². The number of carbonyl (C=O) groups is 1. The minimum Gasteiger partial charge on any atom is -0.379 e. The summed E-state index contributed by atoms with van der Waals surface area (Å²) >= 11 is 0. The molecule has 1 aliphatic heterocycles. The van der Waals surface area contributed by atoms with Crippen molar-refractivity contribution in [2.24, 2.45) is 0 Å². The highest BCUT2D eigenvalue weighted by Gasteiger charge is 2.14. The number of nitrogens with zero attached hydrogens (tertiary/aromatic N) is 2. The van der Waals surface area contributed by atoms with Gasteiger partial charge in [0.25, 0.3) is 5.91 Å². The summed E-state index contributed by atoms with van der Waals surface area (Å²) in [5, 5.41) is 1.77. The summed E-state index contributed by atoms with van der Waals surface area (Å²) in [6.07, 6.45) is 1.21. The summed E-state index contributed by atoms with van der Waals surface area (Å²) in [6, 6.07) is 2.56. The molecule has 0 bridgehead atoms. The molecular weight excluding hydrogens is 213 g/mol. The fourth-order valence-electron chi connectivity index (χ4n) is 1.39. The van der Waals surface area contributed by atoms with Gasteiger partial charge in [-0.25, -0.2) is 9.99 Å². The van der Waals surface area contributed by atoms with Gasteiger partial charge in [-0.3, -0.25) is 10.2 Å². The number of ether oxygens (including phenoxy) is 1. The molecule has 1 aliphatic rings.